The van der Waals surface area contributed by atoms with Crippen molar-refractivity contribution in [2.45, 2.75) is 26.2 Å². The highest BCUT2D eigenvalue weighted by Gasteiger charge is 2.14. The number of amides is 1. The minimum Gasteiger partial charge on any atom is -0.493 e. The summed E-state index contributed by atoms with van der Waals surface area (Å²) < 4.78 is 16.1. The molecule has 0 aliphatic rings. The normalized spacial score (nSPS) is 11.5. The molecule has 0 radical (unpaired) electrons. The molecular weight excluding hydrogens is 478 g/mol. The lowest BCUT2D eigenvalue weighted by Gasteiger charge is -2.10. The molecule has 0 unspecified atom stereocenters. The molecule has 0 aromatic heterocycles. The summed E-state index contributed by atoms with van der Waals surface area (Å²) in [5.74, 6) is 0.338. The largest absolute Gasteiger partial charge is 0.493 e. The molecule has 1 atom stereocenters. The number of non-ortho nitro benzene ring substituents is 1. The van der Waals surface area contributed by atoms with Crippen molar-refractivity contribution < 1.29 is 28.7 Å². The number of esters is 1. The van der Waals surface area contributed by atoms with Gasteiger partial charge in [-0.25, -0.2) is 10.2 Å². The summed E-state index contributed by atoms with van der Waals surface area (Å²) in [4.78, 5) is 34.6. The highest BCUT2D eigenvalue weighted by Crippen LogP contribution is 2.28. The second-order valence-electron chi connectivity index (χ2n) is 8.06. The zero-order valence-electron chi connectivity index (χ0n) is 20.7. The van der Waals surface area contributed by atoms with E-state index in [0.29, 0.717) is 17.2 Å². The van der Waals surface area contributed by atoms with E-state index in [-0.39, 0.29) is 29.4 Å². The van der Waals surface area contributed by atoms with Gasteiger partial charge in [-0.2, -0.15) is 5.10 Å². The lowest BCUT2D eigenvalue weighted by Crippen LogP contribution is -2.24. The number of ether oxygens (including phenoxy) is 3. The van der Waals surface area contributed by atoms with Gasteiger partial charge in [0.2, 0.25) is 0 Å². The lowest BCUT2D eigenvalue weighted by atomic mass is 9.99. The Bertz CT molecular complexity index is 1270. The number of nitrogens with zero attached hydrogens (tertiary/aromatic N) is 2. The Morgan fingerprint density at radius 1 is 1.05 bits per heavy atom. The van der Waals surface area contributed by atoms with E-state index >= 15 is 0 Å². The second-order valence-corrected chi connectivity index (χ2v) is 8.06. The molecule has 0 aliphatic heterocycles. The van der Waals surface area contributed by atoms with Crippen molar-refractivity contribution in [2.75, 3.05) is 13.7 Å². The fraction of sp³-hybridized carbons (Fsp3) is 0.222. The maximum absolute atomic E-state index is 12.4. The Morgan fingerprint density at radius 2 is 1.76 bits per heavy atom. The number of hydrogen-bond donors (Lipinski definition) is 1. The average Bonchev–Trinajstić information content (AvgIpc) is 2.92. The number of benzene rings is 3. The molecule has 0 aliphatic carbocycles. The number of hydrogen-bond acceptors (Lipinski definition) is 8. The fourth-order valence-electron chi connectivity index (χ4n) is 3.22. The predicted molar refractivity (Wildman–Crippen MR) is 137 cm³/mol. The number of methoxy groups -OCH3 is 1. The maximum Gasteiger partial charge on any atom is 0.343 e. The van der Waals surface area contributed by atoms with E-state index in [4.69, 9.17) is 14.2 Å². The molecule has 3 aromatic carbocycles. The molecule has 0 heterocycles. The fourth-order valence-corrected chi connectivity index (χ4v) is 3.22. The van der Waals surface area contributed by atoms with Crippen LogP contribution in [0.1, 0.15) is 47.7 Å². The van der Waals surface area contributed by atoms with Gasteiger partial charge in [-0.1, -0.05) is 26.0 Å². The highest BCUT2D eigenvalue weighted by molar-refractivity contribution is 5.92. The number of nitrogens with one attached hydrogen (secondary N) is 1. The molecule has 10 nitrogen and oxygen atoms in total. The van der Waals surface area contributed by atoms with E-state index in [1.165, 1.54) is 49.2 Å². The van der Waals surface area contributed by atoms with Gasteiger partial charge >= 0.3 is 5.97 Å². The van der Waals surface area contributed by atoms with Crippen molar-refractivity contribution >= 4 is 23.8 Å². The maximum atomic E-state index is 12.4. The first-order chi connectivity index (χ1) is 17.8. The first-order valence-electron chi connectivity index (χ1n) is 11.5. The van der Waals surface area contributed by atoms with Gasteiger partial charge in [-0.15, -0.1) is 0 Å². The van der Waals surface area contributed by atoms with Gasteiger partial charge in [-0.05, 0) is 65.9 Å². The monoisotopic (exact) mass is 505 g/mol. The first-order valence-corrected chi connectivity index (χ1v) is 11.5. The summed E-state index contributed by atoms with van der Waals surface area (Å²) in [7, 11) is 1.41. The van der Waals surface area contributed by atoms with Gasteiger partial charge in [0.25, 0.3) is 11.6 Å². The van der Waals surface area contributed by atoms with E-state index in [0.717, 1.165) is 6.42 Å². The smallest absolute Gasteiger partial charge is 0.343 e. The zero-order chi connectivity index (χ0) is 26.8. The van der Waals surface area contributed by atoms with Crippen LogP contribution in [0, 0.1) is 10.1 Å². The Hall–Kier alpha value is -4.73. The van der Waals surface area contributed by atoms with Crippen molar-refractivity contribution in [3.05, 3.63) is 93.5 Å². The van der Waals surface area contributed by atoms with E-state index in [1.807, 2.05) is 24.3 Å². The zero-order valence-corrected chi connectivity index (χ0v) is 20.7. The van der Waals surface area contributed by atoms with Crippen LogP contribution in [-0.4, -0.2) is 36.7 Å². The molecule has 3 aromatic rings. The molecule has 3 rings (SSSR count). The molecule has 0 spiro atoms. The van der Waals surface area contributed by atoms with Crippen LogP contribution in [0.3, 0.4) is 0 Å². The van der Waals surface area contributed by atoms with Gasteiger partial charge in [0, 0.05) is 12.1 Å². The Kier molecular flexibility index (Phi) is 9.31. The van der Waals surface area contributed by atoms with Gasteiger partial charge in [0.05, 0.1) is 23.8 Å². The van der Waals surface area contributed by atoms with Gasteiger partial charge in [-0.3, -0.25) is 14.9 Å². The molecule has 0 saturated carbocycles. The van der Waals surface area contributed by atoms with Gasteiger partial charge in [0.1, 0.15) is 5.75 Å². The van der Waals surface area contributed by atoms with Crippen LogP contribution in [0.2, 0.25) is 0 Å². The number of carbonyl (C=O) groups excluding carboxylic acids is 2. The Balaban J connectivity index is 1.53. The molecule has 0 bridgehead atoms. The van der Waals surface area contributed by atoms with Crippen LogP contribution in [0.5, 0.6) is 17.2 Å². The summed E-state index contributed by atoms with van der Waals surface area (Å²) in [5.41, 5.74) is 4.20. The molecular formula is C27H27N3O7. The molecule has 1 N–H and O–H groups in total. The Morgan fingerprint density at radius 3 is 2.38 bits per heavy atom. The highest BCUT2D eigenvalue weighted by atomic mass is 16.6. The van der Waals surface area contributed by atoms with Crippen LogP contribution >= 0.6 is 0 Å². The quantitative estimate of drug-likeness (QED) is 0.129. The van der Waals surface area contributed by atoms with Gasteiger partial charge < -0.3 is 14.2 Å². The van der Waals surface area contributed by atoms with E-state index in [2.05, 4.69) is 24.4 Å². The molecule has 0 fully saturated rings. The standard InChI is InChI=1S/C27H27N3O7/c1-4-18(2)20-8-12-23(13-9-20)36-17-26(31)29-28-16-19-5-14-24(25(15-19)35-3)37-27(32)21-6-10-22(11-7-21)30(33)34/h5-16,18H,4,17H2,1-3H3,(H,29,31)/b28-16+/t18-/m0/s1. The molecule has 37 heavy (non-hydrogen) atoms. The minimum atomic E-state index is -0.698. The molecule has 0 saturated heterocycles. The van der Waals surface area contributed by atoms with E-state index < -0.39 is 16.8 Å². The van der Waals surface area contributed by atoms with E-state index in [1.54, 1.807) is 12.1 Å². The molecule has 192 valence electrons. The summed E-state index contributed by atoms with van der Waals surface area (Å²) in [6.07, 6.45) is 2.45. The van der Waals surface area contributed by atoms with Crippen LogP contribution in [-0.2, 0) is 4.79 Å². The average molecular weight is 506 g/mol. The van der Waals surface area contributed by atoms with Crippen LogP contribution in [0.15, 0.2) is 71.8 Å². The van der Waals surface area contributed by atoms with Crippen LogP contribution < -0.4 is 19.6 Å². The van der Waals surface area contributed by atoms with Crippen molar-refractivity contribution in [1.29, 1.82) is 0 Å². The minimum absolute atomic E-state index is 0.132. The number of nitro groups is 1. The topological polar surface area (TPSA) is 129 Å². The summed E-state index contributed by atoms with van der Waals surface area (Å²) in [6.45, 7) is 4.09. The third-order valence-electron chi connectivity index (χ3n) is 5.54. The van der Waals surface area contributed by atoms with Crippen molar-refractivity contribution in [1.82, 2.24) is 5.43 Å². The Labute approximate surface area is 214 Å². The van der Waals surface area contributed by atoms with Crippen LogP contribution in [0.25, 0.3) is 0 Å². The summed E-state index contributed by atoms with van der Waals surface area (Å²) >= 11 is 0. The lowest BCUT2D eigenvalue weighted by molar-refractivity contribution is -0.384. The van der Waals surface area contributed by atoms with Gasteiger partial charge in [0.15, 0.2) is 18.1 Å². The summed E-state index contributed by atoms with van der Waals surface area (Å²) in [5, 5.41) is 14.7. The second kappa shape index (κ2) is 12.8. The van der Waals surface area contributed by atoms with Crippen molar-refractivity contribution in [3.8, 4) is 17.2 Å². The SMILES string of the molecule is CC[C@H](C)c1ccc(OCC(=O)N/N=C/c2ccc(OC(=O)c3ccc([N+](=O)[O-])cc3)c(OC)c2)cc1. The van der Waals surface area contributed by atoms with Crippen molar-refractivity contribution in [2.24, 2.45) is 5.10 Å². The molecule has 1 amide bonds. The van der Waals surface area contributed by atoms with Crippen LogP contribution in [0.4, 0.5) is 5.69 Å². The number of hydrazone groups is 1. The van der Waals surface area contributed by atoms with E-state index in [9.17, 15) is 19.7 Å². The third kappa shape index (κ3) is 7.63. The third-order valence-corrected chi connectivity index (χ3v) is 5.54. The first kappa shape index (κ1) is 26.9. The number of carbonyl (C=O) groups is 2. The number of rotatable bonds is 11. The molecule has 10 heteroatoms. The summed E-state index contributed by atoms with van der Waals surface area (Å²) in [6, 6.07) is 17.4. The van der Waals surface area contributed by atoms with Crippen molar-refractivity contribution in [3.63, 3.8) is 0 Å². The number of nitro benzene ring substituents is 1. The predicted octanol–water partition coefficient (Wildman–Crippen LogP) is 4.87.